The van der Waals surface area contributed by atoms with E-state index in [-0.39, 0.29) is 42.2 Å². The normalized spacial score (nSPS) is 24.3. The van der Waals surface area contributed by atoms with Crippen molar-refractivity contribution >= 4 is 24.2 Å². The molecule has 28 heavy (non-hydrogen) atoms. The van der Waals surface area contributed by atoms with E-state index in [1.54, 1.807) is 0 Å². The van der Waals surface area contributed by atoms with Crippen molar-refractivity contribution in [2.45, 2.75) is 96.6 Å². The van der Waals surface area contributed by atoms with Crippen LogP contribution in [0.2, 0.25) is 0 Å². The molecular weight excluding hydrogens is 374 g/mol. The van der Waals surface area contributed by atoms with Gasteiger partial charge in [0, 0.05) is 38.0 Å². The molecule has 0 aromatic heterocycles. The Morgan fingerprint density at radius 3 is 2.21 bits per heavy atom. The molecule has 5 nitrogen and oxygen atoms in total. The van der Waals surface area contributed by atoms with Crippen molar-refractivity contribution in [3.05, 3.63) is 0 Å². The molecule has 2 aliphatic carbocycles. The number of carbonyl (C=O) groups is 2. The van der Waals surface area contributed by atoms with Gasteiger partial charge in [0.15, 0.2) is 0 Å². The first kappa shape index (κ1) is 25.2. The van der Waals surface area contributed by atoms with E-state index in [9.17, 15) is 9.59 Å². The van der Waals surface area contributed by atoms with E-state index in [4.69, 9.17) is 5.73 Å². The third-order valence-corrected chi connectivity index (χ3v) is 6.67. The number of hydrogen-bond acceptors (Lipinski definition) is 3. The Labute approximate surface area is 178 Å². The molecular formula is C22H42ClN3O2. The molecule has 1 atom stereocenters. The van der Waals surface area contributed by atoms with Crippen LogP contribution >= 0.6 is 12.4 Å². The van der Waals surface area contributed by atoms with Crippen LogP contribution in [0.25, 0.3) is 0 Å². The molecule has 0 aromatic carbocycles. The van der Waals surface area contributed by atoms with Gasteiger partial charge in [-0.05, 0) is 56.8 Å². The number of halogens is 1. The van der Waals surface area contributed by atoms with Gasteiger partial charge in [-0.1, -0.05) is 33.1 Å². The largest absolute Gasteiger partial charge is 0.353 e. The van der Waals surface area contributed by atoms with Crippen LogP contribution in [0, 0.1) is 17.8 Å². The minimum absolute atomic E-state index is 0. The summed E-state index contributed by atoms with van der Waals surface area (Å²) in [5.41, 5.74) is 6.10. The van der Waals surface area contributed by atoms with E-state index in [2.05, 4.69) is 19.2 Å². The molecule has 2 amide bonds. The van der Waals surface area contributed by atoms with Crippen molar-refractivity contribution < 1.29 is 9.59 Å². The highest BCUT2D eigenvalue weighted by Gasteiger charge is 2.29. The second-order valence-electron chi connectivity index (χ2n) is 9.28. The van der Waals surface area contributed by atoms with Crippen LogP contribution in [-0.2, 0) is 9.59 Å². The van der Waals surface area contributed by atoms with Gasteiger partial charge in [0.05, 0.1) is 0 Å². The summed E-state index contributed by atoms with van der Waals surface area (Å²) in [6, 6.07) is 0.403. The Bertz CT molecular complexity index is 472. The summed E-state index contributed by atoms with van der Waals surface area (Å²) in [5.74, 6) is 1.61. The number of carbonyl (C=O) groups excluding carboxylic acids is 2. The maximum Gasteiger partial charge on any atom is 0.225 e. The standard InChI is InChI=1S/C22H41N3O2.ClH/c1-16(2)20(23)13-14-25(3)22(27)18-9-11-19(12-10-18)24-21(26)15-17-7-5-4-6-8-17;/h16-20H,4-15,23H2,1-3H3,(H,24,26);1H. The van der Waals surface area contributed by atoms with E-state index < -0.39 is 0 Å². The first-order valence-corrected chi connectivity index (χ1v) is 11.2. The van der Waals surface area contributed by atoms with Crippen LogP contribution in [0.3, 0.4) is 0 Å². The molecule has 2 aliphatic rings. The van der Waals surface area contributed by atoms with Gasteiger partial charge in [-0.2, -0.15) is 0 Å². The Morgan fingerprint density at radius 2 is 1.64 bits per heavy atom. The highest BCUT2D eigenvalue weighted by atomic mass is 35.5. The molecule has 164 valence electrons. The summed E-state index contributed by atoms with van der Waals surface area (Å²) in [6.45, 7) is 4.98. The lowest BCUT2D eigenvalue weighted by Crippen LogP contribution is -2.42. The number of nitrogens with two attached hydrogens (primary N) is 1. The molecule has 2 saturated carbocycles. The average Bonchev–Trinajstić information content (AvgIpc) is 2.66. The fourth-order valence-electron chi connectivity index (χ4n) is 4.52. The van der Waals surface area contributed by atoms with E-state index in [0.29, 0.717) is 18.3 Å². The summed E-state index contributed by atoms with van der Waals surface area (Å²) in [7, 11) is 1.90. The van der Waals surface area contributed by atoms with Crippen molar-refractivity contribution in [3.8, 4) is 0 Å². The molecule has 6 heteroatoms. The van der Waals surface area contributed by atoms with Crippen LogP contribution in [0.4, 0.5) is 0 Å². The smallest absolute Gasteiger partial charge is 0.225 e. The molecule has 0 spiro atoms. The summed E-state index contributed by atoms with van der Waals surface area (Å²) in [4.78, 5) is 26.8. The second kappa shape index (κ2) is 12.7. The van der Waals surface area contributed by atoms with Gasteiger partial charge in [0.2, 0.25) is 11.8 Å². The van der Waals surface area contributed by atoms with Crippen molar-refractivity contribution in [3.63, 3.8) is 0 Å². The SMILES string of the molecule is CC(C)C(N)CCN(C)C(=O)C1CCC(NC(=O)CC2CCCCC2)CC1.Cl. The molecule has 3 N–H and O–H groups in total. The van der Waals surface area contributed by atoms with Gasteiger partial charge >= 0.3 is 0 Å². The van der Waals surface area contributed by atoms with Crippen LogP contribution in [0.15, 0.2) is 0 Å². The fraction of sp³-hybridized carbons (Fsp3) is 0.909. The predicted molar refractivity (Wildman–Crippen MR) is 117 cm³/mol. The van der Waals surface area contributed by atoms with Crippen molar-refractivity contribution in [2.75, 3.05) is 13.6 Å². The average molecular weight is 416 g/mol. The lowest BCUT2D eigenvalue weighted by molar-refractivity contribution is -0.135. The molecule has 2 rings (SSSR count). The highest BCUT2D eigenvalue weighted by Crippen LogP contribution is 2.28. The molecule has 0 aromatic rings. The van der Waals surface area contributed by atoms with E-state index in [1.807, 2.05) is 11.9 Å². The summed E-state index contributed by atoms with van der Waals surface area (Å²) < 4.78 is 0. The number of rotatable bonds is 8. The van der Waals surface area contributed by atoms with Crippen LogP contribution in [0.1, 0.15) is 84.5 Å². The second-order valence-corrected chi connectivity index (χ2v) is 9.28. The Balaban J connectivity index is 0.00000392. The zero-order valence-corrected chi connectivity index (χ0v) is 18.9. The van der Waals surface area contributed by atoms with E-state index in [0.717, 1.165) is 38.6 Å². The fourth-order valence-corrected chi connectivity index (χ4v) is 4.52. The Kier molecular flexibility index (Phi) is 11.4. The van der Waals surface area contributed by atoms with Gasteiger partial charge in [-0.15, -0.1) is 12.4 Å². The van der Waals surface area contributed by atoms with Crippen molar-refractivity contribution in [1.29, 1.82) is 0 Å². The predicted octanol–water partition coefficient (Wildman–Crippen LogP) is 3.89. The van der Waals surface area contributed by atoms with Gasteiger partial charge < -0.3 is 16.0 Å². The van der Waals surface area contributed by atoms with Crippen LogP contribution in [-0.4, -0.2) is 42.4 Å². The number of nitrogens with one attached hydrogen (secondary N) is 1. The highest BCUT2D eigenvalue weighted by molar-refractivity contribution is 5.85. The number of hydrogen-bond donors (Lipinski definition) is 2. The maximum absolute atomic E-state index is 12.7. The minimum atomic E-state index is 0. The van der Waals surface area contributed by atoms with Crippen LogP contribution in [0.5, 0.6) is 0 Å². The first-order valence-electron chi connectivity index (χ1n) is 11.2. The summed E-state index contributed by atoms with van der Waals surface area (Å²) in [5, 5.41) is 3.23. The molecule has 0 radical (unpaired) electrons. The molecule has 0 heterocycles. The molecule has 1 unspecified atom stereocenters. The molecule has 2 fully saturated rings. The van der Waals surface area contributed by atoms with Gasteiger partial charge in [0.25, 0.3) is 0 Å². The van der Waals surface area contributed by atoms with E-state index >= 15 is 0 Å². The van der Waals surface area contributed by atoms with Crippen molar-refractivity contribution in [1.82, 2.24) is 10.2 Å². The van der Waals surface area contributed by atoms with E-state index in [1.165, 1.54) is 32.1 Å². The Morgan fingerprint density at radius 1 is 1.04 bits per heavy atom. The van der Waals surface area contributed by atoms with Gasteiger partial charge in [-0.25, -0.2) is 0 Å². The maximum atomic E-state index is 12.7. The molecule has 0 bridgehead atoms. The quantitative estimate of drug-likeness (QED) is 0.631. The lowest BCUT2D eigenvalue weighted by atomic mass is 9.84. The first-order chi connectivity index (χ1) is 12.9. The number of nitrogens with zero attached hydrogens (tertiary/aromatic N) is 1. The van der Waals surface area contributed by atoms with Gasteiger partial charge in [-0.3, -0.25) is 9.59 Å². The Hall–Kier alpha value is -0.810. The van der Waals surface area contributed by atoms with Crippen LogP contribution < -0.4 is 11.1 Å². The monoisotopic (exact) mass is 415 g/mol. The van der Waals surface area contributed by atoms with Crippen molar-refractivity contribution in [2.24, 2.45) is 23.5 Å². The molecule has 0 aliphatic heterocycles. The third kappa shape index (κ3) is 8.28. The van der Waals surface area contributed by atoms with Gasteiger partial charge in [0.1, 0.15) is 0 Å². The minimum Gasteiger partial charge on any atom is -0.353 e. The molecule has 0 saturated heterocycles. The summed E-state index contributed by atoms with van der Waals surface area (Å²) in [6.07, 6.45) is 11.5. The topological polar surface area (TPSA) is 75.4 Å². The summed E-state index contributed by atoms with van der Waals surface area (Å²) >= 11 is 0. The lowest BCUT2D eigenvalue weighted by Gasteiger charge is -2.32. The third-order valence-electron chi connectivity index (χ3n) is 6.67. The number of amides is 2. The zero-order chi connectivity index (χ0) is 19.8. The zero-order valence-electron chi connectivity index (χ0n) is 18.1.